The van der Waals surface area contributed by atoms with Crippen molar-refractivity contribution in [2.45, 2.75) is 20.0 Å². The lowest BCUT2D eigenvalue weighted by Gasteiger charge is -2.15. The third-order valence-electron chi connectivity index (χ3n) is 2.18. The Kier molecular flexibility index (Phi) is 3.36. The van der Waals surface area contributed by atoms with Crippen molar-refractivity contribution < 1.29 is 14.9 Å². The Bertz CT molecular complexity index is 307. The maximum atomic E-state index is 9.73. The molecule has 0 radical (unpaired) electrons. The second-order valence-electron chi connectivity index (χ2n) is 3.62. The maximum Gasteiger partial charge on any atom is 0.160 e. The summed E-state index contributed by atoms with van der Waals surface area (Å²) in [6.45, 7) is 3.85. The Morgan fingerprint density at radius 2 is 1.93 bits per heavy atom. The fourth-order valence-electron chi connectivity index (χ4n) is 1.28. The molecule has 1 unspecified atom stereocenters. The molecule has 0 fully saturated rings. The quantitative estimate of drug-likeness (QED) is 0.778. The van der Waals surface area contributed by atoms with Gasteiger partial charge in [-0.3, -0.25) is 0 Å². The summed E-state index contributed by atoms with van der Waals surface area (Å²) in [6.07, 6.45) is -0.549. The second-order valence-corrected chi connectivity index (χ2v) is 3.62. The topological polar surface area (TPSA) is 49.7 Å². The van der Waals surface area contributed by atoms with E-state index in [1.54, 1.807) is 12.1 Å². The molecular weight excluding hydrogens is 180 g/mol. The average molecular weight is 196 g/mol. The lowest BCUT2D eigenvalue weighted by molar-refractivity contribution is 0.126. The van der Waals surface area contributed by atoms with Crippen molar-refractivity contribution in [3.05, 3.63) is 23.8 Å². The summed E-state index contributed by atoms with van der Waals surface area (Å²) in [4.78, 5) is 0. The predicted octanol–water partition coefficient (Wildman–Crippen LogP) is 2.09. The Hall–Kier alpha value is -1.22. The first-order valence-electron chi connectivity index (χ1n) is 4.61. The summed E-state index contributed by atoms with van der Waals surface area (Å²) in [5, 5.41) is 19.2. The third kappa shape index (κ3) is 2.17. The maximum absolute atomic E-state index is 9.73. The monoisotopic (exact) mass is 196 g/mol. The molecule has 14 heavy (non-hydrogen) atoms. The summed E-state index contributed by atoms with van der Waals surface area (Å²) >= 11 is 0. The normalized spacial score (nSPS) is 12.9. The second kappa shape index (κ2) is 4.33. The first-order chi connectivity index (χ1) is 6.56. The zero-order chi connectivity index (χ0) is 10.7. The van der Waals surface area contributed by atoms with Crippen LogP contribution >= 0.6 is 0 Å². The fraction of sp³-hybridized carbons (Fsp3) is 0.455. The molecule has 0 aliphatic rings. The molecule has 1 aromatic rings. The van der Waals surface area contributed by atoms with E-state index in [1.165, 1.54) is 13.2 Å². The van der Waals surface area contributed by atoms with Crippen LogP contribution in [0.2, 0.25) is 0 Å². The number of aromatic hydroxyl groups is 1. The Morgan fingerprint density at radius 3 is 2.36 bits per heavy atom. The van der Waals surface area contributed by atoms with Crippen LogP contribution in [0.25, 0.3) is 0 Å². The lowest BCUT2D eigenvalue weighted by Crippen LogP contribution is -2.05. The zero-order valence-corrected chi connectivity index (χ0v) is 8.69. The summed E-state index contributed by atoms with van der Waals surface area (Å²) < 4.78 is 4.91. The number of hydrogen-bond donors (Lipinski definition) is 2. The molecule has 1 rings (SSSR count). The van der Waals surface area contributed by atoms with Crippen molar-refractivity contribution in [2.75, 3.05) is 7.11 Å². The van der Waals surface area contributed by atoms with Gasteiger partial charge in [0.15, 0.2) is 11.5 Å². The number of methoxy groups -OCH3 is 1. The molecule has 2 N–H and O–H groups in total. The minimum Gasteiger partial charge on any atom is -0.504 e. The van der Waals surface area contributed by atoms with Gasteiger partial charge in [0.05, 0.1) is 13.2 Å². The summed E-state index contributed by atoms with van der Waals surface area (Å²) in [7, 11) is 1.49. The number of hydrogen-bond acceptors (Lipinski definition) is 3. The minimum absolute atomic E-state index is 0.0599. The van der Waals surface area contributed by atoms with Crippen LogP contribution in [0.15, 0.2) is 18.2 Å². The Labute approximate surface area is 84.0 Å². The van der Waals surface area contributed by atoms with E-state index in [9.17, 15) is 10.2 Å². The van der Waals surface area contributed by atoms with Crippen LogP contribution in [-0.4, -0.2) is 17.3 Å². The molecule has 0 heterocycles. The Balaban J connectivity index is 2.96. The smallest absolute Gasteiger partial charge is 0.160 e. The van der Waals surface area contributed by atoms with E-state index in [2.05, 4.69) is 0 Å². The highest BCUT2D eigenvalue weighted by Gasteiger charge is 2.13. The molecule has 0 aliphatic carbocycles. The van der Waals surface area contributed by atoms with Crippen molar-refractivity contribution in [1.29, 1.82) is 0 Å². The lowest BCUT2D eigenvalue weighted by atomic mass is 9.99. The average Bonchev–Trinajstić information content (AvgIpc) is 2.16. The van der Waals surface area contributed by atoms with Gasteiger partial charge in [-0.25, -0.2) is 0 Å². The molecule has 0 saturated heterocycles. The van der Waals surface area contributed by atoms with Crippen LogP contribution in [0, 0.1) is 5.92 Å². The molecule has 3 heteroatoms. The fourth-order valence-corrected chi connectivity index (χ4v) is 1.28. The molecule has 1 aromatic carbocycles. The largest absolute Gasteiger partial charge is 0.504 e. The number of rotatable bonds is 3. The molecule has 0 spiro atoms. The van der Waals surface area contributed by atoms with Crippen molar-refractivity contribution >= 4 is 0 Å². The highest BCUT2D eigenvalue weighted by Crippen LogP contribution is 2.30. The number of aliphatic hydroxyl groups is 1. The van der Waals surface area contributed by atoms with Crippen LogP contribution < -0.4 is 4.74 Å². The van der Waals surface area contributed by atoms with Crippen LogP contribution in [-0.2, 0) is 0 Å². The molecule has 0 aromatic heterocycles. The first-order valence-corrected chi connectivity index (χ1v) is 4.61. The van der Waals surface area contributed by atoms with E-state index in [-0.39, 0.29) is 11.7 Å². The van der Waals surface area contributed by atoms with Gasteiger partial charge in [-0.05, 0) is 23.6 Å². The van der Waals surface area contributed by atoms with E-state index in [0.29, 0.717) is 11.3 Å². The van der Waals surface area contributed by atoms with Gasteiger partial charge in [0.1, 0.15) is 0 Å². The van der Waals surface area contributed by atoms with Crippen molar-refractivity contribution in [3.8, 4) is 11.5 Å². The highest BCUT2D eigenvalue weighted by molar-refractivity contribution is 5.42. The third-order valence-corrected chi connectivity index (χ3v) is 2.18. The first kappa shape index (κ1) is 10.9. The van der Waals surface area contributed by atoms with Gasteiger partial charge in [0, 0.05) is 0 Å². The van der Waals surface area contributed by atoms with E-state index in [4.69, 9.17) is 4.74 Å². The molecular formula is C11H16O3. The zero-order valence-electron chi connectivity index (χ0n) is 8.69. The number of phenols is 1. The summed E-state index contributed by atoms with van der Waals surface area (Å²) in [5.74, 6) is 0.609. The SMILES string of the molecule is COc1ccc(C(O)C(C)C)cc1O. The van der Waals surface area contributed by atoms with Gasteiger partial charge < -0.3 is 14.9 Å². The van der Waals surface area contributed by atoms with Gasteiger partial charge >= 0.3 is 0 Å². The number of benzene rings is 1. The molecule has 78 valence electrons. The summed E-state index contributed by atoms with van der Waals surface area (Å²) in [6, 6.07) is 4.93. The predicted molar refractivity (Wildman–Crippen MR) is 54.5 cm³/mol. The van der Waals surface area contributed by atoms with E-state index >= 15 is 0 Å². The number of phenolic OH excluding ortho intramolecular Hbond substituents is 1. The molecule has 3 nitrogen and oxygen atoms in total. The van der Waals surface area contributed by atoms with Gasteiger partial charge in [0.25, 0.3) is 0 Å². The highest BCUT2D eigenvalue weighted by atomic mass is 16.5. The molecule has 0 bridgehead atoms. The van der Waals surface area contributed by atoms with Crippen LogP contribution in [0.5, 0.6) is 11.5 Å². The van der Waals surface area contributed by atoms with Crippen LogP contribution in [0.4, 0.5) is 0 Å². The summed E-state index contributed by atoms with van der Waals surface area (Å²) in [5.41, 5.74) is 0.707. The van der Waals surface area contributed by atoms with E-state index in [0.717, 1.165) is 0 Å². The Morgan fingerprint density at radius 1 is 1.29 bits per heavy atom. The number of aliphatic hydroxyl groups excluding tert-OH is 1. The van der Waals surface area contributed by atoms with E-state index < -0.39 is 6.10 Å². The van der Waals surface area contributed by atoms with Crippen LogP contribution in [0.3, 0.4) is 0 Å². The molecule has 0 amide bonds. The van der Waals surface area contributed by atoms with Crippen molar-refractivity contribution in [3.63, 3.8) is 0 Å². The molecule has 0 aliphatic heterocycles. The van der Waals surface area contributed by atoms with Crippen molar-refractivity contribution in [1.82, 2.24) is 0 Å². The molecule has 1 atom stereocenters. The van der Waals surface area contributed by atoms with Gasteiger partial charge in [-0.2, -0.15) is 0 Å². The van der Waals surface area contributed by atoms with E-state index in [1.807, 2.05) is 13.8 Å². The van der Waals surface area contributed by atoms with Crippen LogP contribution in [0.1, 0.15) is 25.5 Å². The standard InChI is InChI=1S/C11H16O3/c1-7(2)11(13)8-4-5-10(14-3)9(12)6-8/h4-7,11-13H,1-3H3. The number of ether oxygens (including phenoxy) is 1. The minimum atomic E-state index is -0.549. The van der Waals surface area contributed by atoms with Gasteiger partial charge in [-0.15, -0.1) is 0 Å². The van der Waals surface area contributed by atoms with Crippen molar-refractivity contribution in [2.24, 2.45) is 5.92 Å². The molecule has 0 saturated carbocycles. The van der Waals surface area contributed by atoms with Gasteiger partial charge in [-0.1, -0.05) is 19.9 Å². The van der Waals surface area contributed by atoms with Gasteiger partial charge in [0.2, 0.25) is 0 Å².